The first-order chi connectivity index (χ1) is 18.8. The molecule has 4 rings (SSSR count). The second-order valence-electron chi connectivity index (χ2n) is 11.2. The lowest BCUT2D eigenvalue weighted by Crippen LogP contribution is -2.49. The van der Waals surface area contributed by atoms with Gasteiger partial charge in [0.15, 0.2) is 0 Å². The average Bonchev–Trinajstić information content (AvgIpc) is 3.45. The topological polar surface area (TPSA) is 56.6 Å². The molecule has 210 valence electrons. The first-order valence-electron chi connectivity index (χ1n) is 14.1. The number of fused-ring (bicyclic) bond motifs is 1. The van der Waals surface area contributed by atoms with Crippen LogP contribution in [0.3, 0.4) is 0 Å². The van der Waals surface area contributed by atoms with Crippen molar-refractivity contribution >= 4 is 5.97 Å². The fourth-order valence-corrected chi connectivity index (χ4v) is 6.12. The Morgan fingerprint density at radius 1 is 1.18 bits per heavy atom. The number of nitrogens with zero attached hydrogens (tertiary/aromatic N) is 3. The van der Waals surface area contributed by atoms with Crippen LogP contribution in [0, 0.1) is 11.7 Å². The Morgan fingerprint density at radius 3 is 2.67 bits per heavy atom. The van der Waals surface area contributed by atoms with Crippen molar-refractivity contribution in [3.05, 3.63) is 83.7 Å². The largest absolute Gasteiger partial charge is 0.457 e. The van der Waals surface area contributed by atoms with Crippen LogP contribution in [-0.2, 0) is 27.1 Å². The standard InChI is InChI=1S/C32H42FN3O3/c1-24(2)31-29-13-10-27(33)21-26(29)14-15-32(31,39-30(37)22-38-4)16-19-35(3)18-6-5-7-25-8-11-28(12-9-25)36-20-17-34-23-36/h8-13,17,20-21,23-24,31H,5-7,14-16,18-19,22H2,1-4H3/t31-,32-/m0/s1. The number of halogens is 1. The number of imidazole rings is 1. The van der Waals surface area contributed by atoms with Crippen LogP contribution in [-0.4, -0.2) is 59.9 Å². The minimum atomic E-state index is -0.639. The molecule has 0 saturated carbocycles. The fourth-order valence-electron chi connectivity index (χ4n) is 6.12. The first-order valence-corrected chi connectivity index (χ1v) is 14.1. The van der Waals surface area contributed by atoms with Crippen molar-refractivity contribution < 1.29 is 18.7 Å². The van der Waals surface area contributed by atoms with E-state index < -0.39 is 5.60 Å². The van der Waals surface area contributed by atoms with Crippen molar-refractivity contribution in [2.75, 3.05) is 33.9 Å². The molecule has 2 aromatic carbocycles. The molecule has 0 fully saturated rings. The first kappa shape index (κ1) is 29.0. The van der Waals surface area contributed by atoms with Gasteiger partial charge in [0.1, 0.15) is 18.0 Å². The van der Waals surface area contributed by atoms with E-state index in [1.807, 2.05) is 23.2 Å². The Hall–Kier alpha value is -3.03. The van der Waals surface area contributed by atoms with E-state index in [0.29, 0.717) is 12.8 Å². The summed E-state index contributed by atoms with van der Waals surface area (Å²) in [4.78, 5) is 19.2. The van der Waals surface area contributed by atoms with E-state index in [2.05, 4.69) is 55.0 Å². The second-order valence-corrected chi connectivity index (χ2v) is 11.2. The minimum absolute atomic E-state index is 0.00125. The van der Waals surface area contributed by atoms with Crippen LogP contribution in [0.5, 0.6) is 0 Å². The van der Waals surface area contributed by atoms with Gasteiger partial charge in [-0.2, -0.15) is 0 Å². The Labute approximate surface area is 232 Å². The highest BCUT2D eigenvalue weighted by Crippen LogP contribution is 2.48. The van der Waals surface area contributed by atoms with Crippen molar-refractivity contribution in [3.63, 3.8) is 0 Å². The highest BCUT2D eigenvalue weighted by molar-refractivity contribution is 5.71. The van der Waals surface area contributed by atoms with Crippen LogP contribution in [0.15, 0.2) is 61.2 Å². The van der Waals surface area contributed by atoms with Gasteiger partial charge < -0.3 is 18.9 Å². The van der Waals surface area contributed by atoms with Gasteiger partial charge in [0.05, 0.1) is 6.33 Å². The number of unbranched alkanes of at least 4 members (excludes halogenated alkanes) is 1. The molecule has 1 aromatic heterocycles. The van der Waals surface area contributed by atoms with Crippen molar-refractivity contribution in [1.82, 2.24) is 14.5 Å². The Bertz CT molecular complexity index is 1200. The van der Waals surface area contributed by atoms with E-state index in [1.54, 1.807) is 12.3 Å². The number of esters is 1. The van der Waals surface area contributed by atoms with E-state index >= 15 is 0 Å². The zero-order chi connectivity index (χ0) is 27.8. The number of hydrogen-bond acceptors (Lipinski definition) is 5. The molecule has 6 nitrogen and oxygen atoms in total. The van der Waals surface area contributed by atoms with E-state index in [4.69, 9.17) is 9.47 Å². The maximum Gasteiger partial charge on any atom is 0.332 e. The molecule has 0 saturated heterocycles. The van der Waals surface area contributed by atoms with E-state index in [9.17, 15) is 9.18 Å². The zero-order valence-electron chi connectivity index (χ0n) is 23.7. The van der Waals surface area contributed by atoms with Crippen LogP contribution < -0.4 is 0 Å². The van der Waals surface area contributed by atoms with Gasteiger partial charge in [-0.1, -0.05) is 32.0 Å². The number of carbonyl (C=O) groups is 1. The normalized spacial score (nSPS) is 18.9. The van der Waals surface area contributed by atoms with Crippen molar-refractivity contribution in [3.8, 4) is 5.69 Å². The third kappa shape index (κ3) is 7.34. The summed E-state index contributed by atoms with van der Waals surface area (Å²) in [6.07, 6.45) is 10.9. The third-order valence-electron chi connectivity index (χ3n) is 7.98. The van der Waals surface area contributed by atoms with Gasteiger partial charge in [-0.25, -0.2) is 14.2 Å². The second kappa shape index (κ2) is 13.4. The Balaban J connectivity index is 1.35. The van der Waals surface area contributed by atoms with Gasteiger partial charge >= 0.3 is 5.97 Å². The summed E-state index contributed by atoms with van der Waals surface area (Å²) in [6.45, 7) is 6.05. The van der Waals surface area contributed by atoms with Crippen LogP contribution in [0.1, 0.15) is 62.1 Å². The number of aromatic nitrogens is 2. The van der Waals surface area contributed by atoms with Gasteiger partial charge in [0, 0.05) is 44.1 Å². The van der Waals surface area contributed by atoms with Crippen molar-refractivity contribution in [1.29, 1.82) is 0 Å². The maximum atomic E-state index is 14.0. The minimum Gasteiger partial charge on any atom is -0.457 e. The maximum absolute atomic E-state index is 14.0. The summed E-state index contributed by atoms with van der Waals surface area (Å²) in [6, 6.07) is 13.7. The van der Waals surface area contributed by atoms with E-state index in [-0.39, 0.29) is 30.2 Å². The average molecular weight is 536 g/mol. The molecule has 1 aliphatic carbocycles. The molecule has 0 amide bonds. The van der Waals surface area contributed by atoms with Gasteiger partial charge in [0.2, 0.25) is 0 Å². The molecule has 0 N–H and O–H groups in total. The van der Waals surface area contributed by atoms with Crippen LogP contribution in [0.4, 0.5) is 4.39 Å². The lowest BCUT2D eigenvalue weighted by atomic mass is 9.65. The predicted octanol–water partition coefficient (Wildman–Crippen LogP) is 5.97. The van der Waals surface area contributed by atoms with E-state index in [0.717, 1.165) is 55.6 Å². The number of ether oxygens (including phenoxy) is 2. The van der Waals surface area contributed by atoms with Gasteiger partial charge in [-0.3, -0.25) is 0 Å². The Kier molecular flexibility index (Phi) is 9.92. The number of benzene rings is 2. The number of hydrogen-bond donors (Lipinski definition) is 0. The number of methoxy groups -OCH3 is 1. The highest BCUT2D eigenvalue weighted by atomic mass is 19.1. The number of rotatable bonds is 13. The Morgan fingerprint density at radius 2 is 1.97 bits per heavy atom. The monoisotopic (exact) mass is 535 g/mol. The molecule has 3 aromatic rings. The molecule has 0 bridgehead atoms. The molecular weight excluding hydrogens is 493 g/mol. The molecule has 7 heteroatoms. The SMILES string of the molecule is COCC(=O)O[C@]1(CCN(C)CCCCc2ccc(-n3ccnc3)cc2)CCc2cc(F)ccc2[C@@H]1C(C)C. The van der Waals surface area contributed by atoms with Gasteiger partial charge in [-0.15, -0.1) is 0 Å². The van der Waals surface area contributed by atoms with Crippen LogP contribution in [0.25, 0.3) is 5.69 Å². The van der Waals surface area contributed by atoms with Crippen LogP contribution in [0.2, 0.25) is 0 Å². The van der Waals surface area contributed by atoms with Gasteiger partial charge in [0.25, 0.3) is 0 Å². The predicted molar refractivity (Wildman–Crippen MR) is 152 cm³/mol. The molecule has 39 heavy (non-hydrogen) atoms. The number of aryl methyl sites for hydroxylation is 2. The molecule has 1 aliphatic rings. The molecular formula is C32H42FN3O3. The summed E-state index contributed by atoms with van der Waals surface area (Å²) in [7, 11) is 3.65. The quantitative estimate of drug-likeness (QED) is 0.199. The summed E-state index contributed by atoms with van der Waals surface area (Å²) in [5.41, 5.74) is 3.94. The van der Waals surface area contributed by atoms with E-state index in [1.165, 1.54) is 18.7 Å². The third-order valence-corrected chi connectivity index (χ3v) is 7.98. The molecule has 0 unspecified atom stereocenters. The molecule has 2 atom stereocenters. The van der Waals surface area contributed by atoms with Crippen LogP contribution >= 0.6 is 0 Å². The summed E-state index contributed by atoms with van der Waals surface area (Å²) < 4.78 is 27.4. The molecule has 0 spiro atoms. The highest BCUT2D eigenvalue weighted by Gasteiger charge is 2.47. The summed E-state index contributed by atoms with van der Waals surface area (Å²) in [5, 5.41) is 0. The fraction of sp³-hybridized carbons (Fsp3) is 0.500. The van der Waals surface area contributed by atoms with Crippen molar-refractivity contribution in [2.45, 2.75) is 63.9 Å². The zero-order valence-corrected chi connectivity index (χ0v) is 23.7. The summed E-state index contributed by atoms with van der Waals surface area (Å²) in [5.74, 6) is -0.318. The summed E-state index contributed by atoms with van der Waals surface area (Å²) >= 11 is 0. The molecule has 0 radical (unpaired) electrons. The lowest BCUT2D eigenvalue weighted by molar-refractivity contribution is -0.172. The molecule has 1 heterocycles. The van der Waals surface area contributed by atoms with Crippen molar-refractivity contribution in [2.24, 2.45) is 5.92 Å². The van der Waals surface area contributed by atoms with Gasteiger partial charge in [-0.05, 0) is 92.6 Å². The lowest BCUT2D eigenvalue weighted by Gasteiger charge is -2.47. The molecule has 0 aliphatic heterocycles. The smallest absolute Gasteiger partial charge is 0.332 e. The number of carbonyl (C=O) groups excluding carboxylic acids is 1.